The van der Waals surface area contributed by atoms with Crippen LogP contribution in [0, 0.1) is 0 Å². The van der Waals surface area contributed by atoms with Gasteiger partial charge in [-0.1, -0.05) is 23.7 Å². The molecule has 0 unspecified atom stereocenters. The van der Waals surface area contributed by atoms with E-state index < -0.39 is 0 Å². The van der Waals surface area contributed by atoms with Gasteiger partial charge < -0.3 is 10.1 Å². The molecule has 0 radical (unpaired) electrons. The van der Waals surface area contributed by atoms with Crippen LogP contribution in [0.25, 0.3) is 6.08 Å². The minimum absolute atomic E-state index is 0.181. The summed E-state index contributed by atoms with van der Waals surface area (Å²) < 4.78 is 5.36. The van der Waals surface area contributed by atoms with Crippen molar-refractivity contribution in [3.05, 3.63) is 59.4 Å². The molecule has 0 atom stereocenters. The number of amides is 1. The van der Waals surface area contributed by atoms with Crippen molar-refractivity contribution in [1.82, 2.24) is 10.3 Å². The van der Waals surface area contributed by atoms with Gasteiger partial charge in [-0.25, -0.2) is 4.98 Å². The maximum atomic E-state index is 11.9. The number of halogens is 1. The lowest BCUT2D eigenvalue weighted by atomic mass is 10.2. The number of thiocarbonyl (C=S) groups is 1. The van der Waals surface area contributed by atoms with Crippen molar-refractivity contribution < 1.29 is 9.53 Å². The number of carbonyl (C=O) groups is 1. The Balaban J connectivity index is 1.85. The molecule has 1 aromatic heterocycles. The Labute approximate surface area is 150 Å². The predicted molar refractivity (Wildman–Crippen MR) is 100 cm³/mol. The lowest BCUT2D eigenvalue weighted by molar-refractivity contribution is -0.115. The summed E-state index contributed by atoms with van der Waals surface area (Å²) in [6, 6.07) is 10.8. The Morgan fingerprint density at radius 1 is 1.29 bits per heavy atom. The van der Waals surface area contributed by atoms with Gasteiger partial charge in [0.05, 0.1) is 18.5 Å². The van der Waals surface area contributed by atoms with Crippen molar-refractivity contribution in [2.45, 2.75) is 6.92 Å². The largest absolute Gasteiger partial charge is 0.494 e. The molecule has 1 aromatic carbocycles. The Hall–Kier alpha value is -2.44. The van der Waals surface area contributed by atoms with Crippen LogP contribution in [0.2, 0.25) is 5.15 Å². The number of benzene rings is 1. The molecule has 124 valence electrons. The number of hydrogen-bond acceptors (Lipinski definition) is 4. The number of rotatable bonds is 5. The zero-order chi connectivity index (χ0) is 17.4. The van der Waals surface area contributed by atoms with Crippen LogP contribution < -0.4 is 15.4 Å². The van der Waals surface area contributed by atoms with E-state index in [4.69, 9.17) is 28.6 Å². The highest BCUT2D eigenvalue weighted by Crippen LogP contribution is 2.13. The van der Waals surface area contributed by atoms with E-state index in [0.717, 1.165) is 11.3 Å². The van der Waals surface area contributed by atoms with E-state index >= 15 is 0 Å². The van der Waals surface area contributed by atoms with Crippen LogP contribution in [0.1, 0.15) is 12.5 Å². The summed E-state index contributed by atoms with van der Waals surface area (Å²) in [6.07, 6.45) is 4.62. The molecule has 5 nitrogen and oxygen atoms in total. The molecule has 1 heterocycles. The topological polar surface area (TPSA) is 63.2 Å². The van der Waals surface area contributed by atoms with Gasteiger partial charge in [0.25, 0.3) is 0 Å². The molecule has 0 aliphatic rings. The fourth-order valence-electron chi connectivity index (χ4n) is 1.78. The van der Waals surface area contributed by atoms with E-state index in [1.807, 2.05) is 31.2 Å². The summed E-state index contributed by atoms with van der Waals surface area (Å²) in [7, 11) is 0. The third-order valence-corrected chi connectivity index (χ3v) is 3.27. The van der Waals surface area contributed by atoms with E-state index in [2.05, 4.69) is 15.6 Å². The number of pyridine rings is 1. The van der Waals surface area contributed by atoms with E-state index in [0.29, 0.717) is 17.4 Å². The SMILES string of the molecule is CCOc1ccc(/C=C/C(=O)NC(=S)Nc2ccc(Cl)nc2)cc1. The molecule has 0 bridgehead atoms. The summed E-state index contributed by atoms with van der Waals surface area (Å²) in [5.74, 6) is 0.462. The van der Waals surface area contributed by atoms with Crippen molar-refractivity contribution in [2.24, 2.45) is 0 Å². The molecule has 0 saturated carbocycles. The number of hydrogen-bond donors (Lipinski definition) is 2. The number of aromatic nitrogens is 1. The molecular formula is C17H16ClN3O2S. The third-order valence-electron chi connectivity index (χ3n) is 2.84. The molecule has 24 heavy (non-hydrogen) atoms. The van der Waals surface area contributed by atoms with Gasteiger partial charge in [-0.05, 0) is 55.0 Å². The molecule has 2 rings (SSSR count). The summed E-state index contributed by atoms with van der Waals surface area (Å²) in [6.45, 7) is 2.54. The van der Waals surface area contributed by atoms with Crippen LogP contribution in [-0.2, 0) is 4.79 Å². The molecule has 2 aromatic rings. The van der Waals surface area contributed by atoms with Gasteiger partial charge in [0.15, 0.2) is 5.11 Å². The van der Waals surface area contributed by atoms with Gasteiger partial charge in [-0.2, -0.15) is 0 Å². The lowest BCUT2D eigenvalue weighted by Crippen LogP contribution is -2.32. The van der Waals surface area contributed by atoms with E-state index in [-0.39, 0.29) is 11.0 Å². The number of nitrogens with one attached hydrogen (secondary N) is 2. The number of carbonyl (C=O) groups excluding carboxylic acids is 1. The maximum Gasteiger partial charge on any atom is 0.250 e. The summed E-state index contributed by atoms with van der Waals surface area (Å²) in [5.41, 5.74) is 1.52. The number of ether oxygens (including phenoxy) is 1. The van der Waals surface area contributed by atoms with Crippen molar-refractivity contribution in [3.8, 4) is 5.75 Å². The Morgan fingerprint density at radius 3 is 2.67 bits per heavy atom. The minimum Gasteiger partial charge on any atom is -0.494 e. The second-order valence-corrected chi connectivity index (χ2v) is 5.44. The molecule has 2 N–H and O–H groups in total. The lowest BCUT2D eigenvalue weighted by Gasteiger charge is -2.07. The zero-order valence-corrected chi connectivity index (χ0v) is 14.5. The fourth-order valence-corrected chi connectivity index (χ4v) is 2.11. The van der Waals surface area contributed by atoms with Gasteiger partial charge in [-0.3, -0.25) is 10.1 Å². The predicted octanol–water partition coefficient (Wildman–Crippen LogP) is 3.66. The highest BCUT2D eigenvalue weighted by atomic mass is 35.5. The van der Waals surface area contributed by atoms with E-state index in [9.17, 15) is 4.79 Å². The molecule has 0 aliphatic heterocycles. The van der Waals surface area contributed by atoms with Crippen LogP contribution in [0.4, 0.5) is 5.69 Å². The van der Waals surface area contributed by atoms with Gasteiger partial charge in [0.2, 0.25) is 5.91 Å². The number of nitrogens with zero attached hydrogens (tertiary/aromatic N) is 1. The van der Waals surface area contributed by atoms with Crippen molar-refractivity contribution in [2.75, 3.05) is 11.9 Å². The quantitative estimate of drug-likeness (QED) is 0.483. The summed E-state index contributed by atoms with van der Waals surface area (Å²) in [4.78, 5) is 15.8. The first-order valence-electron chi connectivity index (χ1n) is 7.21. The van der Waals surface area contributed by atoms with E-state index in [1.54, 1.807) is 18.2 Å². The monoisotopic (exact) mass is 361 g/mol. The van der Waals surface area contributed by atoms with Gasteiger partial charge in [-0.15, -0.1) is 0 Å². The summed E-state index contributed by atoms with van der Waals surface area (Å²) >= 11 is 10.8. The van der Waals surface area contributed by atoms with Crippen LogP contribution >= 0.6 is 23.8 Å². The van der Waals surface area contributed by atoms with E-state index in [1.165, 1.54) is 12.3 Å². The van der Waals surface area contributed by atoms with Crippen LogP contribution in [0.3, 0.4) is 0 Å². The second-order valence-electron chi connectivity index (χ2n) is 4.65. The molecule has 0 saturated heterocycles. The fraction of sp³-hybridized carbons (Fsp3) is 0.118. The van der Waals surface area contributed by atoms with Crippen molar-refractivity contribution in [1.29, 1.82) is 0 Å². The molecule has 0 fully saturated rings. The smallest absolute Gasteiger partial charge is 0.250 e. The molecule has 1 amide bonds. The second kappa shape index (κ2) is 9.00. The average molecular weight is 362 g/mol. The first-order valence-corrected chi connectivity index (χ1v) is 8.00. The summed E-state index contributed by atoms with van der Waals surface area (Å²) in [5, 5.41) is 5.97. The van der Waals surface area contributed by atoms with Crippen molar-refractivity contribution >= 4 is 46.6 Å². The first kappa shape index (κ1) is 17.9. The number of anilines is 1. The average Bonchev–Trinajstić information content (AvgIpc) is 2.56. The highest BCUT2D eigenvalue weighted by molar-refractivity contribution is 7.80. The van der Waals surface area contributed by atoms with Crippen LogP contribution in [0.5, 0.6) is 5.75 Å². The maximum absolute atomic E-state index is 11.9. The van der Waals surface area contributed by atoms with Crippen molar-refractivity contribution in [3.63, 3.8) is 0 Å². The third kappa shape index (κ3) is 5.98. The molecular weight excluding hydrogens is 346 g/mol. The molecule has 0 spiro atoms. The van der Waals surface area contributed by atoms with Gasteiger partial charge in [0, 0.05) is 6.08 Å². The standard InChI is InChI=1S/C17H16ClN3O2S/c1-2-23-14-7-3-12(4-8-14)5-10-16(22)21-17(24)20-13-6-9-15(18)19-11-13/h3-11H,2H2,1H3,(H2,20,21,22,24)/b10-5+. The minimum atomic E-state index is -0.330. The highest BCUT2D eigenvalue weighted by Gasteiger charge is 2.02. The van der Waals surface area contributed by atoms with Gasteiger partial charge in [0.1, 0.15) is 10.9 Å². The zero-order valence-electron chi connectivity index (χ0n) is 13.0. The Kier molecular flexibility index (Phi) is 6.72. The normalized spacial score (nSPS) is 10.4. The van der Waals surface area contributed by atoms with Crippen LogP contribution in [0.15, 0.2) is 48.7 Å². The molecule has 7 heteroatoms. The first-order chi connectivity index (χ1) is 11.6. The van der Waals surface area contributed by atoms with Gasteiger partial charge >= 0.3 is 0 Å². The Morgan fingerprint density at radius 2 is 2.04 bits per heavy atom. The molecule has 0 aliphatic carbocycles. The van der Waals surface area contributed by atoms with Crippen LogP contribution in [-0.4, -0.2) is 22.6 Å². The Bertz CT molecular complexity index is 731.